The Bertz CT molecular complexity index is 375. The minimum absolute atomic E-state index is 0.470. The van der Waals surface area contributed by atoms with E-state index < -0.39 is 0 Å². The van der Waals surface area contributed by atoms with E-state index in [4.69, 9.17) is 16.3 Å². The molecule has 3 heteroatoms. The SMILES string of the molecule is Cc1cc(Cl)ccc1CNCCC1CCCCO1. The second-order valence-electron chi connectivity index (χ2n) is 5.02. The maximum atomic E-state index is 5.94. The second-order valence-corrected chi connectivity index (χ2v) is 5.46. The first kappa shape index (κ1) is 13.9. The van der Waals surface area contributed by atoms with Gasteiger partial charge in [-0.25, -0.2) is 0 Å². The monoisotopic (exact) mass is 267 g/mol. The molecule has 1 aromatic rings. The smallest absolute Gasteiger partial charge is 0.0587 e. The standard InChI is InChI=1S/C15H22ClNO/c1-12-10-14(16)6-5-13(12)11-17-8-7-15-4-2-3-9-18-15/h5-6,10,15,17H,2-4,7-9,11H2,1H3. The van der Waals surface area contributed by atoms with Crippen LogP contribution in [0.2, 0.25) is 5.02 Å². The number of nitrogens with one attached hydrogen (secondary N) is 1. The van der Waals surface area contributed by atoms with Gasteiger partial charge in [-0.3, -0.25) is 0 Å². The Hall–Kier alpha value is -0.570. The van der Waals surface area contributed by atoms with Crippen LogP contribution in [0.1, 0.15) is 36.8 Å². The molecular formula is C15H22ClNO. The highest BCUT2D eigenvalue weighted by atomic mass is 35.5. The molecule has 1 aromatic carbocycles. The van der Waals surface area contributed by atoms with Crippen LogP contribution in [0.15, 0.2) is 18.2 Å². The van der Waals surface area contributed by atoms with Crippen molar-refractivity contribution in [3.8, 4) is 0 Å². The number of rotatable bonds is 5. The molecule has 1 heterocycles. The summed E-state index contributed by atoms with van der Waals surface area (Å²) in [7, 11) is 0. The van der Waals surface area contributed by atoms with Crippen molar-refractivity contribution in [3.05, 3.63) is 34.3 Å². The third-order valence-electron chi connectivity index (χ3n) is 3.54. The van der Waals surface area contributed by atoms with Crippen LogP contribution in [-0.4, -0.2) is 19.3 Å². The van der Waals surface area contributed by atoms with E-state index in [-0.39, 0.29) is 0 Å². The molecule has 2 nitrogen and oxygen atoms in total. The molecule has 0 amide bonds. The fraction of sp³-hybridized carbons (Fsp3) is 0.600. The summed E-state index contributed by atoms with van der Waals surface area (Å²) in [6, 6.07) is 6.07. The quantitative estimate of drug-likeness (QED) is 0.822. The Morgan fingerprint density at radius 3 is 3.00 bits per heavy atom. The predicted molar refractivity (Wildman–Crippen MR) is 76.1 cm³/mol. The van der Waals surface area contributed by atoms with Gasteiger partial charge in [0.05, 0.1) is 6.10 Å². The Morgan fingerprint density at radius 2 is 2.28 bits per heavy atom. The molecule has 0 saturated carbocycles. The van der Waals surface area contributed by atoms with E-state index in [0.29, 0.717) is 6.10 Å². The summed E-state index contributed by atoms with van der Waals surface area (Å²) in [5.74, 6) is 0. The van der Waals surface area contributed by atoms with Gasteiger partial charge in [0.25, 0.3) is 0 Å². The molecular weight excluding hydrogens is 246 g/mol. The first-order valence-electron chi connectivity index (χ1n) is 6.83. The van der Waals surface area contributed by atoms with Gasteiger partial charge in [-0.1, -0.05) is 17.7 Å². The van der Waals surface area contributed by atoms with Crippen LogP contribution in [0.25, 0.3) is 0 Å². The maximum absolute atomic E-state index is 5.94. The van der Waals surface area contributed by atoms with E-state index in [1.54, 1.807) is 0 Å². The Balaban J connectivity index is 1.68. The fourth-order valence-electron chi connectivity index (χ4n) is 2.38. The zero-order chi connectivity index (χ0) is 12.8. The largest absolute Gasteiger partial charge is 0.378 e. The summed E-state index contributed by atoms with van der Waals surface area (Å²) in [4.78, 5) is 0. The predicted octanol–water partition coefficient (Wildman–Crippen LogP) is 3.70. The van der Waals surface area contributed by atoms with Crippen LogP contribution in [0.3, 0.4) is 0 Å². The number of hydrogen-bond donors (Lipinski definition) is 1. The minimum Gasteiger partial charge on any atom is -0.378 e. The number of ether oxygens (including phenoxy) is 1. The van der Waals surface area contributed by atoms with Crippen LogP contribution < -0.4 is 5.32 Å². The van der Waals surface area contributed by atoms with E-state index in [1.165, 1.54) is 30.4 Å². The van der Waals surface area contributed by atoms with Crippen molar-refractivity contribution in [1.82, 2.24) is 5.32 Å². The van der Waals surface area contributed by atoms with Gasteiger partial charge in [-0.05, 0) is 62.4 Å². The van der Waals surface area contributed by atoms with Crippen molar-refractivity contribution in [1.29, 1.82) is 0 Å². The van der Waals surface area contributed by atoms with E-state index in [0.717, 1.165) is 31.1 Å². The molecule has 1 N–H and O–H groups in total. The van der Waals surface area contributed by atoms with Crippen LogP contribution in [0.5, 0.6) is 0 Å². The van der Waals surface area contributed by atoms with E-state index in [1.807, 2.05) is 12.1 Å². The van der Waals surface area contributed by atoms with Gasteiger partial charge in [0.15, 0.2) is 0 Å². The van der Waals surface area contributed by atoms with E-state index >= 15 is 0 Å². The Labute approximate surface area is 115 Å². The summed E-state index contributed by atoms with van der Waals surface area (Å²) < 4.78 is 5.71. The average molecular weight is 268 g/mol. The zero-order valence-corrected chi connectivity index (χ0v) is 11.8. The molecule has 1 saturated heterocycles. The maximum Gasteiger partial charge on any atom is 0.0587 e. The van der Waals surface area contributed by atoms with Gasteiger partial charge >= 0.3 is 0 Å². The van der Waals surface area contributed by atoms with Crippen LogP contribution in [0, 0.1) is 6.92 Å². The molecule has 0 bridgehead atoms. The highest BCUT2D eigenvalue weighted by Crippen LogP contribution is 2.16. The molecule has 18 heavy (non-hydrogen) atoms. The Kier molecular flexibility index (Phi) is 5.48. The van der Waals surface area contributed by atoms with Crippen LogP contribution in [-0.2, 0) is 11.3 Å². The number of halogens is 1. The lowest BCUT2D eigenvalue weighted by molar-refractivity contribution is 0.0115. The average Bonchev–Trinajstić information content (AvgIpc) is 2.38. The summed E-state index contributed by atoms with van der Waals surface area (Å²) in [5, 5.41) is 4.30. The molecule has 2 rings (SSSR count). The molecule has 0 radical (unpaired) electrons. The highest BCUT2D eigenvalue weighted by Gasteiger charge is 2.12. The minimum atomic E-state index is 0.470. The van der Waals surface area contributed by atoms with Crippen molar-refractivity contribution in [3.63, 3.8) is 0 Å². The van der Waals surface area contributed by atoms with Crippen molar-refractivity contribution in [2.75, 3.05) is 13.2 Å². The van der Waals surface area contributed by atoms with Gasteiger partial charge in [0.2, 0.25) is 0 Å². The van der Waals surface area contributed by atoms with Crippen molar-refractivity contribution in [2.24, 2.45) is 0 Å². The van der Waals surface area contributed by atoms with E-state index in [2.05, 4.69) is 18.3 Å². The highest BCUT2D eigenvalue weighted by molar-refractivity contribution is 6.30. The lowest BCUT2D eigenvalue weighted by Crippen LogP contribution is -2.25. The first-order valence-corrected chi connectivity index (χ1v) is 7.21. The van der Waals surface area contributed by atoms with Gasteiger partial charge in [0.1, 0.15) is 0 Å². The molecule has 0 aliphatic carbocycles. The van der Waals surface area contributed by atoms with Gasteiger partial charge in [-0.2, -0.15) is 0 Å². The second kappa shape index (κ2) is 7.13. The van der Waals surface area contributed by atoms with Crippen LogP contribution >= 0.6 is 11.6 Å². The molecule has 100 valence electrons. The van der Waals surface area contributed by atoms with Gasteiger partial charge < -0.3 is 10.1 Å². The summed E-state index contributed by atoms with van der Waals surface area (Å²) in [6.07, 6.45) is 5.36. The molecule has 1 aliphatic rings. The first-order chi connectivity index (χ1) is 8.75. The molecule has 1 atom stereocenters. The molecule has 1 fully saturated rings. The third-order valence-corrected chi connectivity index (χ3v) is 3.77. The lowest BCUT2D eigenvalue weighted by atomic mass is 10.1. The van der Waals surface area contributed by atoms with Crippen molar-refractivity contribution < 1.29 is 4.74 Å². The number of aryl methyl sites for hydroxylation is 1. The molecule has 0 aromatic heterocycles. The summed E-state index contributed by atoms with van der Waals surface area (Å²) >= 11 is 5.94. The summed E-state index contributed by atoms with van der Waals surface area (Å²) in [5.41, 5.74) is 2.58. The topological polar surface area (TPSA) is 21.3 Å². The third kappa shape index (κ3) is 4.27. The van der Waals surface area contributed by atoms with Gasteiger partial charge in [-0.15, -0.1) is 0 Å². The Morgan fingerprint density at radius 1 is 1.39 bits per heavy atom. The van der Waals surface area contributed by atoms with Crippen LogP contribution in [0.4, 0.5) is 0 Å². The zero-order valence-electron chi connectivity index (χ0n) is 11.0. The molecule has 0 spiro atoms. The number of hydrogen-bond acceptors (Lipinski definition) is 2. The van der Waals surface area contributed by atoms with Gasteiger partial charge in [0, 0.05) is 18.2 Å². The summed E-state index contributed by atoms with van der Waals surface area (Å²) in [6.45, 7) is 4.98. The fourth-order valence-corrected chi connectivity index (χ4v) is 2.61. The lowest BCUT2D eigenvalue weighted by Gasteiger charge is -2.22. The van der Waals surface area contributed by atoms with Crippen molar-refractivity contribution >= 4 is 11.6 Å². The van der Waals surface area contributed by atoms with E-state index in [9.17, 15) is 0 Å². The normalized spacial score (nSPS) is 20.0. The van der Waals surface area contributed by atoms with Crippen molar-refractivity contribution in [2.45, 2.75) is 45.3 Å². The molecule has 1 unspecified atom stereocenters. The molecule has 1 aliphatic heterocycles. The number of benzene rings is 1.